The average molecular weight is 405 g/mol. The number of nitrogen functional groups attached to an aromatic ring is 1. The molecule has 1 aliphatic rings. The van der Waals surface area contributed by atoms with E-state index in [-0.39, 0.29) is 17.1 Å². The van der Waals surface area contributed by atoms with E-state index >= 15 is 0 Å². The van der Waals surface area contributed by atoms with Crippen LogP contribution < -0.4 is 11.3 Å². The van der Waals surface area contributed by atoms with E-state index in [0.717, 1.165) is 0 Å². The van der Waals surface area contributed by atoms with Gasteiger partial charge in [-0.2, -0.15) is 4.98 Å². The fourth-order valence-electron chi connectivity index (χ4n) is 2.46. The molecular formula is C12H16N5O5PS2. The van der Waals surface area contributed by atoms with Crippen molar-refractivity contribution in [3.05, 3.63) is 28.5 Å². The quantitative estimate of drug-likeness (QED) is 0.330. The van der Waals surface area contributed by atoms with E-state index in [9.17, 15) is 9.69 Å². The van der Waals surface area contributed by atoms with Crippen molar-refractivity contribution in [2.75, 3.05) is 5.73 Å². The van der Waals surface area contributed by atoms with Gasteiger partial charge >= 0.3 is 6.72 Å². The molecule has 25 heavy (non-hydrogen) atoms. The number of nitrogens with one attached hydrogen (secondary N) is 1. The van der Waals surface area contributed by atoms with Crippen molar-refractivity contribution in [3.8, 4) is 0 Å². The first kappa shape index (κ1) is 18.4. The molecule has 0 amide bonds. The van der Waals surface area contributed by atoms with Crippen LogP contribution in [-0.4, -0.2) is 30.0 Å². The van der Waals surface area contributed by atoms with E-state index in [4.69, 9.17) is 26.8 Å². The summed E-state index contributed by atoms with van der Waals surface area (Å²) in [5, 5.41) is 0. The number of aromatic nitrogens is 4. The zero-order chi connectivity index (χ0) is 18.4. The molecule has 2 unspecified atom stereocenters. The molecule has 2 aromatic rings. The predicted octanol–water partition coefficient (Wildman–Crippen LogP) is 1.38. The number of anilines is 1. The number of aromatic amines is 1. The van der Waals surface area contributed by atoms with Crippen molar-refractivity contribution in [3.63, 3.8) is 0 Å². The van der Waals surface area contributed by atoms with Crippen molar-refractivity contribution in [2.24, 2.45) is 0 Å². The predicted molar refractivity (Wildman–Crippen MR) is 97.1 cm³/mol. The molecule has 3 rings (SSSR count). The molecule has 3 heterocycles. The summed E-state index contributed by atoms with van der Waals surface area (Å²) < 4.78 is 17.5. The third-order valence-corrected chi connectivity index (χ3v) is 5.99. The summed E-state index contributed by atoms with van der Waals surface area (Å²) in [5.41, 5.74) is 4.67. The van der Waals surface area contributed by atoms with Crippen LogP contribution in [0.2, 0.25) is 0 Å². The van der Waals surface area contributed by atoms with Crippen molar-refractivity contribution >= 4 is 48.5 Å². The summed E-state index contributed by atoms with van der Waals surface area (Å²) in [6, 6.07) is 0. The van der Waals surface area contributed by atoms with Gasteiger partial charge in [-0.05, 0) is 26.3 Å². The maximum atomic E-state index is 11.9. The van der Waals surface area contributed by atoms with E-state index in [2.05, 4.69) is 31.8 Å². The molecule has 10 nitrogen and oxygen atoms in total. The lowest BCUT2D eigenvalue weighted by Gasteiger charge is -2.28. The molecule has 3 atom stereocenters. The van der Waals surface area contributed by atoms with Crippen LogP contribution in [0.5, 0.6) is 0 Å². The maximum Gasteiger partial charge on any atom is 0.388 e. The largest absolute Gasteiger partial charge is 0.425 e. The Kier molecular flexibility index (Phi) is 4.69. The molecule has 0 aromatic carbocycles. The standard InChI is InChI=1S/C12H16N5O5PS2/c1-3-12(2)6(21-23(19,25)22-24)4-7(20-12)17-5-14-8-9(17)15-11(13)16-10(8)18/h4-5,7,24H,3H2,1-2H3,(H,19,25)(H3,13,15,16,18)/t7-,12?,23?/m1/s1. The first-order valence-electron chi connectivity index (χ1n) is 7.17. The molecule has 0 bridgehead atoms. The fraction of sp³-hybridized carbons (Fsp3) is 0.417. The Hall–Kier alpha value is -1.43. The number of nitrogens with two attached hydrogens (primary N) is 1. The Balaban J connectivity index is 2.06. The molecule has 2 aromatic heterocycles. The van der Waals surface area contributed by atoms with Gasteiger partial charge in [-0.1, -0.05) is 6.92 Å². The minimum absolute atomic E-state index is 0.0368. The number of H-pyrrole nitrogens is 1. The summed E-state index contributed by atoms with van der Waals surface area (Å²) in [4.78, 5) is 32.3. The van der Waals surface area contributed by atoms with E-state index in [1.54, 1.807) is 13.0 Å². The summed E-state index contributed by atoms with van der Waals surface area (Å²) in [5.74, 6) is 0.268. The lowest BCUT2D eigenvalue weighted by atomic mass is 10.0. The smallest absolute Gasteiger partial charge is 0.388 e. The molecule has 13 heteroatoms. The molecule has 0 saturated carbocycles. The lowest BCUT2D eigenvalue weighted by molar-refractivity contribution is -0.0625. The monoisotopic (exact) mass is 405 g/mol. The van der Waals surface area contributed by atoms with E-state index < -0.39 is 24.1 Å². The lowest BCUT2D eigenvalue weighted by Crippen LogP contribution is -2.28. The normalized spacial score (nSPS) is 25.8. The highest BCUT2D eigenvalue weighted by Crippen LogP contribution is 2.52. The van der Waals surface area contributed by atoms with Crippen LogP contribution in [-0.2, 0) is 25.0 Å². The molecular weight excluding hydrogens is 389 g/mol. The van der Waals surface area contributed by atoms with Gasteiger partial charge in [-0.3, -0.25) is 14.3 Å². The molecule has 4 N–H and O–H groups in total. The second-order valence-electron chi connectivity index (χ2n) is 5.54. The van der Waals surface area contributed by atoms with E-state index in [1.807, 2.05) is 6.92 Å². The van der Waals surface area contributed by atoms with Crippen LogP contribution in [0.15, 0.2) is 23.0 Å². The fourth-order valence-corrected chi connectivity index (χ4v) is 3.33. The topological polar surface area (TPSA) is 138 Å². The Bertz CT molecular complexity index is 959. The van der Waals surface area contributed by atoms with E-state index in [1.165, 1.54) is 10.9 Å². The second kappa shape index (κ2) is 6.38. The highest BCUT2D eigenvalue weighted by Gasteiger charge is 2.42. The van der Waals surface area contributed by atoms with Crippen LogP contribution >= 0.6 is 19.6 Å². The zero-order valence-corrected chi connectivity index (χ0v) is 15.8. The van der Waals surface area contributed by atoms with Crippen molar-refractivity contribution in [1.29, 1.82) is 0 Å². The molecule has 1 aliphatic heterocycles. The van der Waals surface area contributed by atoms with Crippen LogP contribution in [0.25, 0.3) is 11.2 Å². The number of hydrogen-bond acceptors (Lipinski definition) is 9. The van der Waals surface area contributed by atoms with Gasteiger partial charge in [0.05, 0.1) is 6.33 Å². The van der Waals surface area contributed by atoms with Gasteiger partial charge < -0.3 is 19.9 Å². The summed E-state index contributed by atoms with van der Waals surface area (Å²) in [6.45, 7) is 0.113. The van der Waals surface area contributed by atoms with Gasteiger partial charge in [0.15, 0.2) is 17.4 Å². The Morgan fingerprint density at radius 3 is 3.04 bits per heavy atom. The molecule has 0 radical (unpaired) electrons. The van der Waals surface area contributed by atoms with Crippen LogP contribution in [0.3, 0.4) is 0 Å². The number of ether oxygens (including phenoxy) is 1. The van der Waals surface area contributed by atoms with Gasteiger partial charge in [-0.25, -0.2) is 8.95 Å². The maximum absolute atomic E-state index is 11.9. The molecule has 0 spiro atoms. The van der Waals surface area contributed by atoms with E-state index in [0.29, 0.717) is 12.2 Å². The third kappa shape index (κ3) is 3.33. The summed E-state index contributed by atoms with van der Waals surface area (Å²) in [6.07, 6.45) is 2.86. The minimum atomic E-state index is -3.55. The van der Waals surface area contributed by atoms with Crippen LogP contribution in [0, 0.1) is 0 Å². The molecule has 136 valence electrons. The summed E-state index contributed by atoms with van der Waals surface area (Å²) >= 11 is 8.38. The average Bonchev–Trinajstić information content (AvgIpc) is 3.09. The Morgan fingerprint density at radius 2 is 2.40 bits per heavy atom. The first-order chi connectivity index (χ1) is 11.7. The first-order valence-corrected chi connectivity index (χ1v) is 10.1. The second-order valence-corrected chi connectivity index (χ2v) is 8.70. The molecule has 0 aliphatic carbocycles. The van der Waals surface area contributed by atoms with Gasteiger partial charge in [0.2, 0.25) is 5.95 Å². The number of fused-ring (bicyclic) bond motifs is 1. The molecule has 0 fully saturated rings. The van der Waals surface area contributed by atoms with Gasteiger partial charge in [0.25, 0.3) is 5.56 Å². The minimum Gasteiger partial charge on any atom is -0.425 e. The third-order valence-electron chi connectivity index (χ3n) is 3.91. The number of rotatable bonds is 5. The zero-order valence-electron chi connectivity index (χ0n) is 13.2. The SMILES string of the molecule is CCC1(C)O[C@@H](n2cnc3c(=O)[nH]c(N)nc32)C=C1OP(O)(=S)OS. The summed E-state index contributed by atoms with van der Waals surface area (Å²) in [7, 11) is 0. The van der Waals surface area contributed by atoms with Crippen LogP contribution in [0.1, 0.15) is 26.5 Å². The number of hydrogen-bond donors (Lipinski definition) is 4. The van der Waals surface area contributed by atoms with Crippen molar-refractivity contribution in [1.82, 2.24) is 19.5 Å². The highest BCUT2D eigenvalue weighted by molar-refractivity contribution is 8.09. The van der Waals surface area contributed by atoms with Crippen molar-refractivity contribution < 1.29 is 18.1 Å². The molecule has 0 saturated heterocycles. The Labute approximate surface area is 152 Å². The van der Waals surface area contributed by atoms with Gasteiger partial charge in [0.1, 0.15) is 11.4 Å². The van der Waals surface area contributed by atoms with Crippen LogP contribution in [0.4, 0.5) is 5.95 Å². The van der Waals surface area contributed by atoms with Gasteiger partial charge in [-0.15, -0.1) is 0 Å². The number of thiol groups is 1. The van der Waals surface area contributed by atoms with Gasteiger partial charge in [0, 0.05) is 17.9 Å². The Morgan fingerprint density at radius 1 is 1.68 bits per heavy atom. The van der Waals surface area contributed by atoms with Crippen molar-refractivity contribution in [2.45, 2.75) is 32.1 Å². The highest BCUT2D eigenvalue weighted by atomic mass is 32.5. The number of imidazole rings is 1. The number of nitrogens with zero attached hydrogens (tertiary/aromatic N) is 3.